The first kappa shape index (κ1) is 26.8. The third-order valence-electron chi connectivity index (χ3n) is 6.33. The van der Waals surface area contributed by atoms with Crippen molar-refractivity contribution < 1.29 is 34.0 Å². The van der Waals surface area contributed by atoms with Gasteiger partial charge in [-0.15, -0.1) is 0 Å². The molecule has 7 nitrogen and oxygen atoms in total. The lowest BCUT2D eigenvalue weighted by molar-refractivity contribution is -0.215. The zero-order valence-electron chi connectivity index (χ0n) is 19.6. The van der Waals surface area contributed by atoms with Crippen LogP contribution in [0.2, 0.25) is 0 Å². The van der Waals surface area contributed by atoms with Crippen molar-refractivity contribution >= 4 is 5.97 Å². The second kappa shape index (κ2) is 12.6. The van der Waals surface area contributed by atoms with Gasteiger partial charge in [0.1, 0.15) is 0 Å². The van der Waals surface area contributed by atoms with Gasteiger partial charge in [0.05, 0.1) is 31.5 Å². The molecule has 0 aliphatic carbocycles. The molecule has 0 unspecified atom stereocenters. The normalized spacial score (nSPS) is 31.0. The van der Waals surface area contributed by atoms with Crippen molar-refractivity contribution in [1.82, 2.24) is 0 Å². The smallest absolute Gasteiger partial charge is 0.333 e. The summed E-state index contributed by atoms with van der Waals surface area (Å²) < 4.78 is 21.6. The molecule has 1 saturated heterocycles. The quantitative estimate of drug-likeness (QED) is 0.239. The van der Waals surface area contributed by atoms with Crippen LogP contribution in [0.4, 0.5) is 0 Å². The summed E-state index contributed by atoms with van der Waals surface area (Å²) in [4.78, 5) is 11.4. The summed E-state index contributed by atoms with van der Waals surface area (Å²) in [5, 5.41) is 21.7. The van der Waals surface area contributed by atoms with Crippen molar-refractivity contribution in [2.24, 2.45) is 23.7 Å². The number of hydrogen-bond donors (Lipinski definition) is 2. The number of esters is 1. The standard InChI is InChI=1S/C23H40O7/c1-13(10-9-11-14(2)23(26)29-8)20(24)16(4)22-17(5)21(25)15(3)18(30-22)12-19(27-6)28-7/h9-11,13,15-22,24-25H,12H2,1-8H3/b10-9-,14-11+/t13-,15+,16-,17+,18-,20+,21+,22+/m0/s1. The molecule has 0 aromatic rings. The highest BCUT2D eigenvalue weighted by atomic mass is 16.7. The van der Waals surface area contributed by atoms with Crippen LogP contribution in [-0.2, 0) is 23.7 Å². The van der Waals surface area contributed by atoms with Gasteiger partial charge >= 0.3 is 5.97 Å². The first-order valence-electron chi connectivity index (χ1n) is 10.6. The summed E-state index contributed by atoms with van der Waals surface area (Å²) in [6.07, 6.45) is 3.58. The van der Waals surface area contributed by atoms with E-state index >= 15 is 0 Å². The second-order valence-electron chi connectivity index (χ2n) is 8.42. The fourth-order valence-corrected chi connectivity index (χ4v) is 4.09. The van der Waals surface area contributed by atoms with Crippen LogP contribution in [0.1, 0.15) is 41.0 Å². The highest BCUT2D eigenvalue weighted by Gasteiger charge is 2.45. The van der Waals surface area contributed by atoms with Gasteiger partial charge in [0.15, 0.2) is 6.29 Å². The Morgan fingerprint density at radius 2 is 1.73 bits per heavy atom. The molecular weight excluding hydrogens is 388 g/mol. The molecule has 1 aliphatic heterocycles. The molecule has 1 aliphatic rings. The molecule has 8 atom stereocenters. The van der Waals surface area contributed by atoms with Crippen molar-refractivity contribution in [2.75, 3.05) is 21.3 Å². The molecule has 0 radical (unpaired) electrons. The largest absolute Gasteiger partial charge is 0.466 e. The number of aliphatic hydroxyl groups is 2. The molecule has 0 aromatic heterocycles. The Kier molecular flexibility index (Phi) is 11.2. The van der Waals surface area contributed by atoms with E-state index in [1.54, 1.807) is 33.3 Å². The lowest BCUT2D eigenvalue weighted by Crippen LogP contribution is -2.54. The molecule has 0 aromatic carbocycles. The number of rotatable bonds is 10. The van der Waals surface area contributed by atoms with Crippen molar-refractivity contribution in [3.8, 4) is 0 Å². The van der Waals surface area contributed by atoms with Crippen LogP contribution in [0.5, 0.6) is 0 Å². The van der Waals surface area contributed by atoms with E-state index in [-0.39, 0.29) is 41.8 Å². The van der Waals surface area contributed by atoms with Crippen molar-refractivity contribution in [3.05, 3.63) is 23.8 Å². The Morgan fingerprint density at radius 1 is 1.13 bits per heavy atom. The number of carbonyl (C=O) groups is 1. The third-order valence-corrected chi connectivity index (χ3v) is 6.33. The number of aliphatic hydroxyl groups excluding tert-OH is 2. The summed E-state index contributed by atoms with van der Waals surface area (Å²) in [6, 6.07) is 0. The van der Waals surface area contributed by atoms with E-state index in [0.29, 0.717) is 12.0 Å². The lowest BCUT2D eigenvalue weighted by atomic mass is 9.75. The minimum absolute atomic E-state index is 0.0721. The number of hydrogen-bond acceptors (Lipinski definition) is 7. The Morgan fingerprint density at radius 3 is 2.27 bits per heavy atom. The molecule has 1 fully saturated rings. The minimum atomic E-state index is -0.678. The molecule has 0 bridgehead atoms. The predicted octanol–water partition coefficient (Wildman–Crippen LogP) is 2.70. The van der Waals surface area contributed by atoms with E-state index in [9.17, 15) is 15.0 Å². The average Bonchev–Trinajstić information content (AvgIpc) is 2.75. The van der Waals surface area contributed by atoms with E-state index in [2.05, 4.69) is 4.74 Å². The van der Waals surface area contributed by atoms with Crippen LogP contribution in [0.3, 0.4) is 0 Å². The van der Waals surface area contributed by atoms with Gasteiger partial charge in [-0.2, -0.15) is 0 Å². The summed E-state index contributed by atoms with van der Waals surface area (Å²) >= 11 is 0. The zero-order valence-corrected chi connectivity index (χ0v) is 19.6. The molecule has 7 heteroatoms. The van der Waals surface area contributed by atoms with Gasteiger partial charge in [-0.3, -0.25) is 0 Å². The van der Waals surface area contributed by atoms with Crippen LogP contribution >= 0.6 is 0 Å². The molecule has 1 heterocycles. The van der Waals surface area contributed by atoms with Gasteiger partial charge in [0.25, 0.3) is 0 Å². The molecule has 1 rings (SSSR count). The summed E-state index contributed by atoms with van der Waals surface area (Å²) in [5.74, 6) is -0.957. The lowest BCUT2D eigenvalue weighted by Gasteiger charge is -2.46. The van der Waals surface area contributed by atoms with Crippen molar-refractivity contribution in [1.29, 1.82) is 0 Å². The molecule has 0 amide bonds. The molecule has 0 saturated carbocycles. The van der Waals surface area contributed by atoms with Crippen LogP contribution in [-0.4, -0.2) is 68.2 Å². The van der Waals surface area contributed by atoms with E-state index in [0.717, 1.165) is 0 Å². The Labute approximate surface area is 181 Å². The summed E-state index contributed by atoms with van der Waals surface area (Å²) in [7, 11) is 4.50. The van der Waals surface area contributed by atoms with Gasteiger partial charge in [-0.05, 0) is 6.92 Å². The van der Waals surface area contributed by atoms with Crippen LogP contribution in [0.15, 0.2) is 23.8 Å². The number of ether oxygens (including phenoxy) is 4. The summed E-state index contributed by atoms with van der Waals surface area (Å²) in [5.41, 5.74) is 0.485. The first-order valence-corrected chi connectivity index (χ1v) is 10.6. The molecule has 174 valence electrons. The minimum Gasteiger partial charge on any atom is -0.466 e. The SMILES string of the molecule is COC(=O)/C(C)=C/C=C\[C@H](C)[C@@H](O)[C@H](C)[C@H]1O[C@@H](CC(OC)OC)[C@@H](C)[C@@H](O)[C@H]1C. The Hall–Kier alpha value is -1.25. The number of methoxy groups -OCH3 is 3. The topological polar surface area (TPSA) is 94.5 Å². The zero-order chi connectivity index (χ0) is 23.0. The molecule has 30 heavy (non-hydrogen) atoms. The number of allylic oxidation sites excluding steroid dienone is 2. The molecular formula is C23H40O7. The average molecular weight is 429 g/mol. The highest BCUT2D eigenvalue weighted by molar-refractivity contribution is 5.87. The van der Waals surface area contributed by atoms with Crippen molar-refractivity contribution in [2.45, 2.75) is 71.7 Å². The maximum absolute atomic E-state index is 11.4. The van der Waals surface area contributed by atoms with Crippen LogP contribution in [0, 0.1) is 23.7 Å². The summed E-state index contributed by atoms with van der Waals surface area (Å²) in [6.45, 7) is 9.45. The maximum Gasteiger partial charge on any atom is 0.333 e. The van der Waals surface area contributed by atoms with Gasteiger partial charge < -0.3 is 29.2 Å². The van der Waals surface area contributed by atoms with Gasteiger partial charge in [-0.1, -0.05) is 45.9 Å². The van der Waals surface area contributed by atoms with Crippen LogP contribution in [0.25, 0.3) is 0 Å². The highest BCUT2D eigenvalue weighted by Crippen LogP contribution is 2.37. The van der Waals surface area contributed by atoms with Crippen LogP contribution < -0.4 is 0 Å². The fourth-order valence-electron chi connectivity index (χ4n) is 4.09. The van der Waals surface area contributed by atoms with E-state index in [1.807, 2.05) is 33.8 Å². The van der Waals surface area contributed by atoms with E-state index < -0.39 is 18.5 Å². The molecule has 0 spiro atoms. The first-order chi connectivity index (χ1) is 14.1. The van der Waals surface area contributed by atoms with Gasteiger partial charge in [0, 0.05) is 49.9 Å². The van der Waals surface area contributed by atoms with E-state index in [4.69, 9.17) is 14.2 Å². The van der Waals surface area contributed by atoms with Gasteiger partial charge in [-0.25, -0.2) is 4.79 Å². The maximum atomic E-state index is 11.4. The Bertz CT molecular complexity index is 584. The van der Waals surface area contributed by atoms with E-state index in [1.165, 1.54) is 7.11 Å². The predicted molar refractivity (Wildman–Crippen MR) is 115 cm³/mol. The second-order valence-corrected chi connectivity index (χ2v) is 8.42. The molecule has 2 N–H and O–H groups in total. The number of carbonyl (C=O) groups excluding carboxylic acids is 1. The fraction of sp³-hybridized carbons (Fsp3) is 0.783. The third kappa shape index (κ3) is 6.89. The Balaban J connectivity index is 2.87. The van der Waals surface area contributed by atoms with Crippen molar-refractivity contribution in [3.63, 3.8) is 0 Å². The monoisotopic (exact) mass is 428 g/mol. The van der Waals surface area contributed by atoms with Gasteiger partial charge in [0.2, 0.25) is 0 Å².